The van der Waals surface area contributed by atoms with E-state index in [4.69, 9.17) is 0 Å². The lowest BCUT2D eigenvalue weighted by Gasteiger charge is -2.02. The normalized spacial score (nSPS) is 10.0. The molecule has 0 amide bonds. The van der Waals surface area contributed by atoms with Crippen LogP contribution in [0, 0.1) is 17.7 Å². The molecule has 108 valence electrons. The van der Waals surface area contributed by atoms with E-state index < -0.39 is 0 Å². The van der Waals surface area contributed by atoms with E-state index in [1.807, 2.05) is 30.3 Å². The Balaban J connectivity index is 2.09. The third kappa shape index (κ3) is 5.02. The molecule has 0 unspecified atom stereocenters. The summed E-state index contributed by atoms with van der Waals surface area (Å²) in [5.41, 5.74) is 2.39. The average molecular weight is 345 g/mol. The molecule has 0 bridgehead atoms. The van der Waals surface area contributed by atoms with Crippen LogP contribution in [0.5, 0.6) is 0 Å². The van der Waals surface area contributed by atoms with Crippen LogP contribution in [-0.2, 0) is 6.42 Å². The summed E-state index contributed by atoms with van der Waals surface area (Å²) in [5.74, 6) is 5.66. The Labute approximate surface area is 134 Å². The van der Waals surface area contributed by atoms with Crippen molar-refractivity contribution >= 4 is 15.9 Å². The molecule has 2 rings (SSSR count). The number of hydrogen-bond donors (Lipinski definition) is 0. The predicted molar refractivity (Wildman–Crippen MR) is 89.8 cm³/mol. The van der Waals surface area contributed by atoms with Crippen LogP contribution in [0.3, 0.4) is 0 Å². The van der Waals surface area contributed by atoms with Gasteiger partial charge in [-0.25, -0.2) is 4.39 Å². The Hall–Kier alpha value is -1.59. The number of benzene rings is 2. The minimum absolute atomic E-state index is 0.228. The number of hydrogen-bond acceptors (Lipinski definition) is 0. The molecule has 0 saturated carbocycles. The van der Waals surface area contributed by atoms with Crippen LogP contribution in [0.15, 0.2) is 46.9 Å². The first-order valence-corrected chi connectivity index (χ1v) is 8.04. The molecule has 0 N–H and O–H groups in total. The zero-order chi connectivity index (χ0) is 15.1. The van der Waals surface area contributed by atoms with Gasteiger partial charge in [0.25, 0.3) is 0 Å². The number of halogens is 2. The first-order chi connectivity index (χ1) is 10.2. The van der Waals surface area contributed by atoms with E-state index in [9.17, 15) is 4.39 Å². The quantitative estimate of drug-likeness (QED) is 0.491. The molecule has 2 heteroatoms. The van der Waals surface area contributed by atoms with Crippen LogP contribution in [0.2, 0.25) is 0 Å². The van der Waals surface area contributed by atoms with Gasteiger partial charge in [0, 0.05) is 10.0 Å². The Kier molecular flexibility index (Phi) is 6.02. The Bertz CT molecular complexity index is 648. The van der Waals surface area contributed by atoms with Crippen LogP contribution in [0.1, 0.15) is 42.9 Å². The molecular weight excluding hydrogens is 327 g/mol. The molecular formula is C19H18BrF. The Morgan fingerprint density at radius 1 is 1.00 bits per heavy atom. The molecule has 0 aliphatic carbocycles. The van der Waals surface area contributed by atoms with Gasteiger partial charge in [-0.05, 0) is 54.8 Å². The van der Waals surface area contributed by atoms with Crippen molar-refractivity contribution in [2.24, 2.45) is 0 Å². The second-order valence-corrected chi connectivity index (χ2v) is 5.94. The fraction of sp³-hybridized carbons (Fsp3) is 0.263. The molecule has 21 heavy (non-hydrogen) atoms. The topological polar surface area (TPSA) is 0 Å². The third-order valence-electron chi connectivity index (χ3n) is 3.29. The van der Waals surface area contributed by atoms with Gasteiger partial charge in [-0.3, -0.25) is 0 Å². The minimum atomic E-state index is -0.228. The van der Waals surface area contributed by atoms with Gasteiger partial charge in [0.15, 0.2) is 0 Å². The third-order valence-corrected chi connectivity index (χ3v) is 3.82. The lowest BCUT2D eigenvalue weighted by Crippen LogP contribution is -1.90. The van der Waals surface area contributed by atoms with E-state index in [-0.39, 0.29) is 5.82 Å². The first kappa shape index (κ1) is 15.8. The van der Waals surface area contributed by atoms with Gasteiger partial charge in [0.2, 0.25) is 0 Å². The van der Waals surface area contributed by atoms with Crippen molar-refractivity contribution in [1.29, 1.82) is 0 Å². The van der Waals surface area contributed by atoms with Crippen molar-refractivity contribution in [3.05, 3.63) is 69.4 Å². The fourth-order valence-electron chi connectivity index (χ4n) is 2.07. The highest BCUT2D eigenvalue weighted by Gasteiger charge is 2.01. The largest absolute Gasteiger partial charge is 0.206 e. The summed E-state index contributed by atoms with van der Waals surface area (Å²) in [6.45, 7) is 2.17. The lowest BCUT2D eigenvalue weighted by atomic mass is 10.0. The maximum atomic E-state index is 14.0. The summed E-state index contributed by atoms with van der Waals surface area (Å²) >= 11 is 3.38. The minimum Gasteiger partial charge on any atom is -0.206 e. The predicted octanol–water partition coefficient (Wildman–Crippen LogP) is 5.72. The highest BCUT2D eigenvalue weighted by molar-refractivity contribution is 9.10. The van der Waals surface area contributed by atoms with Crippen LogP contribution < -0.4 is 0 Å². The second-order valence-electron chi connectivity index (χ2n) is 5.03. The van der Waals surface area contributed by atoms with Crippen LogP contribution in [0.4, 0.5) is 4.39 Å². The van der Waals surface area contributed by atoms with Gasteiger partial charge in [-0.2, -0.15) is 0 Å². The van der Waals surface area contributed by atoms with Crippen molar-refractivity contribution in [3.8, 4) is 11.8 Å². The molecule has 0 radical (unpaired) electrons. The molecule has 0 saturated heterocycles. The van der Waals surface area contributed by atoms with Gasteiger partial charge in [0.05, 0.1) is 5.56 Å². The molecule has 0 aromatic heterocycles. The summed E-state index contributed by atoms with van der Waals surface area (Å²) in [6.07, 6.45) is 4.41. The summed E-state index contributed by atoms with van der Waals surface area (Å²) < 4.78 is 15.0. The summed E-state index contributed by atoms with van der Waals surface area (Å²) in [6, 6.07) is 13.0. The average Bonchev–Trinajstić information content (AvgIpc) is 2.48. The molecule has 0 fully saturated rings. The fourth-order valence-corrected chi connectivity index (χ4v) is 2.33. The van der Waals surface area contributed by atoms with Gasteiger partial charge in [-0.15, -0.1) is 0 Å². The van der Waals surface area contributed by atoms with E-state index in [1.165, 1.54) is 12.8 Å². The number of rotatable bonds is 4. The maximum Gasteiger partial charge on any atom is 0.139 e. The SMILES string of the molecule is CCCCCc1ccc(C#Cc2ccc(Br)cc2)c(F)c1. The van der Waals surface area contributed by atoms with Crippen LogP contribution in [-0.4, -0.2) is 0 Å². The zero-order valence-corrected chi connectivity index (χ0v) is 13.7. The molecule has 0 nitrogen and oxygen atoms in total. The van der Waals surface area contributed by atoms with E-state index in [2.05, 4.69) is 34.7 Å². The molecule has 0 aliphatic rings. The van der Waals surface area contributed by atoms with E-state index >= 15 is 0 Å². The first-order valence-electron chi connectivity index (χ1n) is 7.25. The van der Waals surface area contributed by atoms with Gasteiger partial charge >= 0.3 is 0 Å². The highest BCUT2D eigenvalue weighted by atomic mass is 79.9. The molecule has 0 heterocycles. The number of aryl methyl sites for hydroxylation is 1. The molecule has 0 aliphatic heterocycles. The van der Waals surface area contributed by atoms with Crippen molar-refractivity contribution in [1.82, 2.24) is 0 Å². The van der Waals surface area contributed by atoms with Crippen molar-refractivity contribution < 1.29 is 4.39 Å². The molecule has 2 aromatic rings. The van der Waals surface area contributed by atoms with Gasteiger partial charge in [-0.1, -0.05) is 53.6 Å². The van der Waals surface area contributed by atoms with E-state index in [1.54, 1.807) is 12.1 Å². The molecule has 2 aromatic carbocycles. The molecule has 0 spiro atoms. The van der Waals surface area contributed by atoms with E-state index in [0.29, 0.717) is 5.56 Å². The summed E-state index contributed by atoms with van der Waals surface area (Å²) in [5, 5.41) is 0. The molecule has 0 atom stereocenters. The van der Waals surface area contributed by atoms with Crippen molar-refractivity contribution in [3.63, 3.8) is 0 Å². The van der Waals surface area contributed by atoms with E-state index in [0.717, 1.165) is 28.4 Å². The summed E-state index contributed by atoms with van der Waals surface area (Å²) in [4.78, 5) is 0. The Morgan fingerprint density at radius 3 is 2.43 bits per heavy atom. The highest BCUT2D eigenvalue weighted by Crippen LogP contribution is 2.13. The smallest absolute Gasteiger partial charge is 0.139 e. The van der Waals surface area contributed by atoms with Gasteiger partial charge in [0.1, 0.15) is 5.82 Å². The monoisotopic (exact) mass is 344 g/mol. The number of unbranched alkanes of at least 4 members (excludes halogenated alkanes) is 2. The zero-order valence-electron chi connectivity index (χ0n) is 12.1. The second kappa shape index (κ2) is 8.00. The standard InChI is InChI=1S/C19H18BrF/c1-2-3-4-5-16-7-11-17(19(21)14-16)10-6-15-8-12-18(20)13-9-15/h7-9,11-14H,2-5H2,1H3. The van der Waals surface area contributed by atoms with Gasteiger partial charge < -0.3 is 0 Å². The van der Waals surface area contributed by atoms with Crippen molar-refractivity contribution in [2.45, 2.75) is 32.6 Å². The Morgan fingerprint density at radius 2 is 1.76 bits per heavy atom. The lowest BCUT2D eigenvalue weighted by molar-refractivity contribution is 0.619. The van der Waals surface area contributed by atoms with Crippen LogP contribution >= 0.6 is 15.9 Å². The summed E-state index contributed by atoms with van der Waals surface area (Å²) in [7, 11) is 0. The van der Waals surface area contributed by atoms with Crippen molar-refractivity contribution in [2.75, 3.05) is 0 Å². The maximum absolute atomic E-state index is 14.0. The van der Waals surface area contributed by atoms with Crippen LogP contribution in [0.25, 0.3) is 0 Å².